The number of hydrogen-bond acceptors (Lipinski definition) is 3. The Morgan fingerprint density at radius 1 is 1.54 bits per heavy atom. The van der Waals surface area contributed by atoms with Crippen LogP contribution in [0.1, 0.15) is 19.7 Å². The van der Waals surface area contributed by atoms with E-state index in [1.807, 2.05) is 20.8 Å². The van der Waals surface area contributed by atoms with E-state index in [0.29, 0.717) is 0 Å². The van der Waals surface area contributed by atoms with Gasteiger partial charge in [0.05, 0.1) is 5.54 Å². The molecule has 0 spiro atoms. The zero-order chi connectivity index (χ0) is 9.90. The number of rotatable bonds is 2. The van der Waals surface area contributed by atoms with E-state index < -0.39 is 0 Å². The maximum absolute atomic E-state index is 5.34. The first-order chi connectivity index (χ1) is 6.03. The average Bonchev–Trinajstić information content (AvgIpc) is 2.03. The first kappa shape index (κ1) is 9.53. The van der Waals surface area contributed by atoms with Crippen LogP contribution in [0.5, 0.6) is 0 Å². The van der Waals surface area contributed by atoms with Crippen LogP contribution in [0.2, 0.25) is 0 Å². The van der Waals surface area contributed by atoms with Crippen LogP contribution < -0.4 is 5.32 Å². The largest absolute Gasteiger partial charge is 0.354 e. The molecule has 1 aromatic rings. The summed E-state index contributed by atoms with van der Waals surface area (Å²) in [6.45, 7) is 5.68. The van der Waals surface area contributed by atoms with Gasteiger partial charge in [-0.25, -0.2) is 9.97 Å². The lowest BCUT2D eigenvalue weighted by molar-refractivity contribution is 0.734. The van der Waals surface area contributed by atoms with Crippen LogP contribution in [-0.2, 0) is 0 Å². The van der Waals surface area contributed by atoms with Crippen molar-refractivity contribution >= 4 is 5.82 Å². The third-order valence-electron chi connectivity index (χ3n) is 1.58. The number of nitrogens with zero attached hydrogens (tertiary/aromatic N) is 2. The number of aromatic nitrogens is 2. The summed E-state index contributed by atoms with van der Waals surface area (Å²) in [5, 5.41) is 3.12. The Kier molecular flexibility index (Phi) is 2.52. The summed E-state index contributed by atoms with van der Waals surface area (Å²) < 4.78 is 0. The highest BCUT2D eigenvalue weighted by Gasteiger charge is 2.13. The molecule has 0 radical (unpaired) electrons. The van der Waals surface area contributed by atoms with Crippen LogP contribution in [0.15, 0.2) is 12.3 Å². The van der Waals surface area contributed by atoms with Crippen molar-refractivity contribution < 1.29 is 0 Å². The molecule has 0 bridgehead atoms. The van der Waals surface area contributed by atoms with Crippen molar-refractivity contribution in [1.29, 1.82) is 0 Å². The van der Waals surface area contributed by atoms with Crippen molar-refractivity contribution in [3.8, 4) is 12.3 Å². The van der Waals surface area contributed by atoms with Crippen molar-refractivity contribution in [2.75, 3.05) is 5.32 Å². The lowest BCUT2D eigenvalue weighted by Crippen LogP contribution is -2.29. The van der Waals surface area contributed by atoms with Gasteiger partial charge in [0, 0.05) is 6.20 Å². The number of aryl methyl sites for hydroxylation is 1. The van der Waals surface area contributed by atoms with Gasteiger partial charge in [0.15, 0.2) is 0 Å². The predicted octanol–water partition coefficient (Wildman–Crippen LogP) is 1.61. The summed E-state index contributed by atoms with van der Waals surface area (Å²) in [4.78, 5) is 8.18. The van der Waals surface area contributed by atoms with Crippen molar-refractivity contribution in [2.24, 2.45) is 0 Å². The summed E-state index contributed by atoms with van der Waals surface area (Å²) in [5.41, 5.74) is -0.374. The van der Waals surface area contributed by atoms with E-state index in [4.69, 9.17) is 6.42 Å². The van der Waals surface area contributed by atoms with Gasteiger partial charge >= 0.3 is 0 Å². The molecule has 0 saturated carbocycles. The van der Waals surface area contributed by atoms with E-state index in [2.05, 4.69) is 21.2 Å². The molecule has 0 aliphatic carbocycles. The molecule has 0 aromatic carbocycles. The number of anilines is 1. The Morgan fingerprint density at radius 3 is 2.77 bits per heavy atom. The third-order valence-corrected chi connectivity index (χ3v) is 1.58. The highest BCUT2D eigenvalue weighted by atomic mass is 15.1. The summed E-state index contributed by atoms with van der Waals surface area (Å²) in [5.74, 6) is 4.13. The van der Waals surface area contributed by atoms with Crippen molar-refractivity contribution in [1.82, 2.24) is 9.97 Å². The fraction of sp³-hybridized carbons (Fsp3) is 0.400. The molecule has 0 atom stereocenters. The van der Waals surface area contributed by atoms with Crippen LogP contribution in [0.3, 0.4) is 0 Å². The van der Waals surface area contributed by atoms with Gasteiger partial charge in [0.2, 0.25) is 0 Å². The van der Waals surface area contributed by atoms with Crippen molar-refractivity contribution in [3.63, 3.8) is 0 Å². The first-order valence-corrected chi connectivity index (χ1v) is 4.09. The molecule has 13 heavy (non-hydrogen) atoms. The van der Waals surface area contributed by atoms with Gasteiger partial charge in [-0.2, -0.15) is 0 Å². The van der Waals surface area contributed by atoms with Gasteiger partial charge in [-0.1, -0.05) is 5.92 Å². The normalized spacial score (nSPS) is 10.6. The van der Waals surface area contributed by atoms with Crippen LogP contribution in [0.4, 0.5) is 5.82 Å². The van der Waals surface area contributed by atoms with Crippen molar-refractivity contribution in [3.05, 3.63) is 18.1 Å². The van der Waals surface area contributed by atoms with E-state index >= 15 is 0 Å². The highest BCUT2D eigenvalue weighted by molar-refractivity contribution is 5.39. The summed E-state index contributed by atoms with van der Waals surface area (Å²) in [6.07, 6.45) is 7.04. The van der Waals surface area contributed by atoms with Gasteiger partial charge in [0.1, 0.15) is 11.6 Å². The lowest BCUT2D eigenvalue weighted by atomic mass is 10.1. The Morgan fingerprint density at radius 2 is 2.23 bits per heavy atom. The smallest absolute Gasteiger partial charge is 0.130 e. The average molecular weight is 175 g/mol. The summed E-state index contributed by atoms with van der Waals surface area (Å²) in [7, 11) is 0. The molecule has 0 unspecified atom stereocenters. The molecule has 0 fully saturated rings. The monoisotopic (exact) mass is 175 g/mol. The van der Waals surface area contributed by atoms with Crippen LogP contribution in [0.25, 0.3) is 0 Å². The molecule has 0 saturated heterocycles. The zero-order valence-corrected chi connectivity index (χ0v) is 8.13. The Hall–Kier alpha value is -1.56. The second-order valence-corrected chi connectivity index (χ2v) is 3.38. The molecule has 3 nitrogen and oxygen atoms in total. The highest BCUT2D eigenvalue weighted by Crippen LogP contribution is 2.10. The molecule has 1 rings (SSSR count). The topological polar surface area (TPSA) is 37.8 Å². The van der Waals surface area contributed by atoms with Crippen molar-refractivity contribution in [2.45, 2.75) is 26.3 Å². The fourth-order valence-electron chi connectivity index (χ4n) is 0.882. The number of hydrogen-bond donors (Lipinski definition) is 1. The molecule has 0 aliphatic heterocycles. The standard InChI is InChI=1S/C10H13N3/c1-5-10(3,4)13-9-6-7-11-8(2)12-9/h1,6-7H,2-4H3,(H,11,12,13). The molecule has 3 heteroatoms. The zero-order valence-electron chi connectivity index (χ0n) is 8.13. The Balaban J connectivity index is 2.82. The fourth-order valence-corrected chi connectivity index (χ4v) is 0.882. The molecular formula is C10H13N3. The molecule has 0 aliphatic rings. The molecule has 0 amide bonds. The van der Waals surface area contributed by atoms with Gasteiger partial charge in [-0.05, 0) is 26.8 Å². The van der Waals surface area contributed by atoms with E-state index in [0.717, 1.165) is 11.6 Å². The second kappa shape index (κ2) is 3.44. The SMILES string of the molecule is C#CC(C)(C)Nc1ccnc(C)n1. The number of nitrogens with one attached hydrogen (secondary N) is 1. The minimum atomic E-state index is -0.374. The number of terminal acetylenes is 1. The Labute approximate surface area is 78.6 Å². The molecule has 1 N–H and O–H groups in total. The van der Waals surface area contributed by atoms with Crippen LogP contribution in [0, 0.1) is 19.3 Å². The molecule has 68 valence electrons. The summed E-state index contributed by atoms with van der Waals surface area (Å²) in [6, 6.07) is 1.80. The second-order valence-electron chi connectivity index (χ2n) is 3.38. The van der Waals surface area contributed by atoms with Gasteiger partial charge in [0.25, 0.3) is 0 Å². The minimum absolute atomic E-state index is 0.374. The molecular weight excluding hydrogens is 162 g/mol. The summed E-state index contributed by atoms with van der Waals surface area (Å²) >= 11 is 0. The maximum Gasteiger partial charge on any atom is 0.130 e. The van der Waals surface area contributed by atoms with Gasteiger partial charge in [-0.3, -0.25) is 0 Å². The van der Waals surface area contributed by atoms with Crippen LogP contribution >= 0.6 is 0 Å². The maximum atomic E-state index is 5.34. The van der Waals surface area contributed by atoms with Crippen LogP contribution in [-0.4, -0.2) is 15.5 Å². The van der Waals surface area contributed by atoms with E-state index in [-0.39, 0.29) is 5.54 Å². The quantitative estimate of drug-likeness (QED) is 0.694. The minimum Gasteiger partial charge on any atom is -0.354 e. The van der Waals surface area contributed by atoms with E-state index in [1.54, 1.807) is 12.3 Å². The molecule has 1 aromatic heterocycles. The van der Waals surface area contributed by atoms with E-state index in [9.17, 15) is 0 Å². The third kappa shape index (κ3) is 2.75. The Bertz CT molecular complexity index is 336. The first-order valence-electron chi connectivity index (χ1n) is 4.09. The molecule has 1 heterocycles. The lowest BCUT2D eigenvalue weighted by Gasteiger charge is -2.19. The van der Waals surface area contributed by atoms with Gasteiger partial charge in [-0.15, -0.1) is 6.42 Å². The van der Waals surface area contributed by atoms with Gasteiger partial charge < -0.3 is 5.32 Å². The van der Waals surface area contributed by atoms with E-state index in [1.165, 1.54) is 0 Å². The predicted molar refractivity (Wildman–Crippen MR) is 53.3 cm³/mol.